The van der Waals surface area contributed by atoms with Crippen LogP contribution in [0.5, 0.6) is 0 Å². The summed E-state index contributed by atoms with van der Waals surface area (Å²) in [4.78, 5) is 11.5. The van der Waals surface area contributed by atoms with Crippen molar-refractivity contribution in [2.24, 2.45) is 5.73 Å². The van der Waals surface area contributed by atoms with Crippen LogP contribution in [0.25, 0.3) is 6.08 Å². The van der Waals surface area contributed by atoms with Crippen molar-refractivity contribution in [1.82, 2.24) is 10.6 Å². The normalized spacial score (nSPS) is 10.6. The molecule has 0 heterocycles. The van der Waals surface area contributed by atoms with Crippen molar-refractivity contribution in [3.05, 3.63) is 42.0 Å². The van der Waals surface area contributed by atoms with Crippen molar-refractivity contribution in [2.45, 2.75) is 12.8 Å². The first-order valence-electron chi connectivity index (χ1n) is 6.97. The first kappa shape index (κ1) is 21.6. The molecule has 0 unspecified atom stereocenters. The second-order valence-electron chi connectivity index (χ2n) is 4.53. The Morgan fingerprint density at radius 3 is 2.12 bits per heavy atom. The van der Waals surface area contributed by atoms with E-state index in [2.05, 4.69) is 10.6 Å². The Kier molecular flexibility index (Phi) is 10.8. The van der Waals surface area contributed by atoms with Crippen LogP contribution in [0.1, 0.15) is 18.4 Å². The smallest absolute Gasteiger partial charge is 0.370 e. The molecule has 0 aliphatic heterocycles. The highest BCUT2D eigenvalue weighted by atomic mass is 32.3. The molecule has 1 amide bonds. The predicted molar refractivity (Wildman–Crippen MR) is 91.8 cm³/mol. The fourth-order valence-corrected chi connectivity index (χ4v) is 1.48. The largest absolute Gasteiger partial charge is 0.394 e. The fourth-order valence-electron chi connectivity index (χ4n) is 1.48. The first-order valence-corrected chi connectivity index (χ1v) is 8.37. The van der Waals surface area contributed by atoms with E-state index in [9.17, 15) is 4.79 Å². The monoisotopic (exact) mass is 358 g/mol. The summed E-state index contributed by atoms with van der Waals surface area (Å²) in [5.41, 5.74) is 6.15. The number of hydrogen-bond donors (Lipinski definition) is 6. The van der Waals surface area contributed by atoms with Gasteiger partial charge in [-0.3, -0.25) is 19.3 Å². The lowest BCUT2D eigenvalue weighted by Crippen LogP contribution is -2.31. The van der Waals surface area contributed by atoms with Gasteiger partial charge in [0.1, 0.15) is 0 Å². The molecule has 0 aliphatic carbocycles. The maximum atomic E-state index is 11.5. The van der Waals surface area contributed by atoms with Crippen molar-refractivity contribution in [3.63, 3.8) is 0 Å². The molecule has 0 aromatic heterocycles. The van der Waals surface area contributed by atoms with Crippen LogP contribution in [0.4, 0.5) is 0 Å². The fraction of sp³-hybridized carbons (Fsp3) is 0.286. The SMILES string of the molecule is N=C(N)NCCCCNC(=O)C=Cc1ccccc1.O=S(=O)(O)O. The lowest BCUT2D eigenvalue weighted by molar-refractivity contribution is -0.116. The van der Waals surface area contributed by atoms with Gasteiger partial charge in [0.15, 0.2) is 5.96 Å². The number of hydrogen-bond acceptors (Lipinski definition) is 4. The highest BCUT2D eigenvalue weighted by molar-refractivity contribution is 7.79. The number of rotatable bonds is 7. The summed E-state index contributed by atoms with van der Waals surface area (Å²) in [7, 11) is -4.67. The molecule has 1 aromatic carbocycles. The molecule has 0 saturated carbocycles. The Balaban J connectivity index is 0.000000922. The van der Waals surface area contributed by atoms with Gasteiger partial charge in [-0.1, -0.05) is 30.3 Å². The average molecular weight is 358 g/mol. The van der Waals surface area contributed by atoms with Crippen molar-refractivity contribution >= 4 is 28.3 Å². The minimum atomic E-state index is -4.67. The molecule has 134 valence electrons. The molecule has 24 heavy (non-hydrogen) atoms. The summed E-state index contributed by atoms with van der Waals surface area (Å²) in [6.45, 7) is 1.28. The van der Waals surface area contributed by atoms with E-state index in [4.69, 9.17) is 28.7 Å². The van der Waals surface area contributed by atoms with Crippen LogP contribution >= 0.6 is 0 Å². The minimum Gasteiger partial charge on any atom is -0.370 e. The Hall–Kier alpha value is -2.43. The van der Waals surface area contributed by atoms with Crippen LogP contribution in [0.2, 0.25) is 0 Å². The van der Waals surface area contributed by atoms with Gasteiger partial charge in [0.2, 0.25) is 5.91 Å². The van der Waals surface area contributed by atoms with Crippen LogP contribution in [0, 0.1) is 5.41 Å². The zero-order chi connectivity index (χ0) is 18.4. The summed E-state index contributed by atoms with van der Waals surface area (Å²) in [5, 5.41) is 12.5. The minimum absolute atomic E-state index is 0.0187. The van der Waals surface area contributed by atoms with Crippen LogP contribution in [0.3, 0.4) is 0 Å². The Morgan fingerprint density at radius 2 is 1.62 bits per heavy atom. The van der Waals surface area contributed by atoms with E-state index in [0.717, 1.165) is 18.4 Å². The van der Waals surface area contributed by atoms with Gasteiger partial charge >= 0.3 is 10.4 Å². The van der Waals surface area contributed by atoms with Gasteiger partial charge in [-0.15, -0.1) is 0 Å². The molecule has 0 atom stereocenters. The molecular weight excluding hydrogens is 336 g/mol. The lowest BCUT2D eigenvalue weighted by atomic mass is 10.2. The molecule has 1 rings (SSSR count). The zero-order valence-electron chi connectivity index (χ0n) is 13.0. The molecule has 0 bridgehead atoms. The van der Waals surface area contributed by atoms with Gasteiger partial charge < -0.3 is 16.4 Å². The van der Waals surface area contributed by atoms with Gasteiger partial charge in [0, 0.05) is 19.2 Å². The maximum Gasteiger partial charge on any atom is 0.394 e. The van der Waals surface area contributed by atoms with Crippen LogP contribution in [-0.4, -0.2) is 42.5 Å². The van der Waals surface area contributed by atoms with E-state index in [1.54, 1.807) is 6.08 Å². The summed E-state index contributed by atoms with van der Waals surface area (Å²) < 4.78 is 31.6. The second-order valence-corrected chi connectivity index (χ2v) is 5.43. The molecule has 0 spiro atoms. The first-order chi connectivity index (χ1) is 11.2. The van der Waals surface area contributed by atoms with Crippen LogP contribution in [-0.2, 0) is 15.2 Å². The number of carbonyl (C=O) groups excluding carboxylic acids is 1. The number of amides is 1. The number of unbranched alkanes of at least 4 members (excludes halogenated alkanes) is 1. The highest BCUT2D eigenvalue weighted by Gasteiger charge is 1.95. The van der Waals surface area contributed by atoms with Gasteiger partial charge in [0.25, 0.3) is 0 Å². The Labute approximate surface area is 141 Å². The quantitative estimate of drug-likeness (QED) is 0.135. The van der Waals surface area contributed by atoms with E-state index in [1.807, 2.05) is 30.3 Å². The highest BCUT2D eigenvalue weighted by Crippen LogP contribution is 2.00. The molecule has 1 aromatic rings. The van der Waals surface area contributed by atoms with Crippen LogP contribution in [0.15, 0.2) is 36.4 Å². The third-order valence-corrected chi connectivity index (χ3v) is 2.44. The number of guanidine groups is 1. The number of benzene rings is 1. The van der Waals surface area contributed by atoms with E-state index in [1.165, 1.54) is 6.08 Å². The second kappa shape index (κ2) is 12.0. The average Bonchev–Trinajstić information content (AvgIpc) is 2.48. The topological polar surface area (TPSA) is 166 Å². The Morgan fingerprint density at radius 1 is 1.12 bits per heavy atom. The molecule has 10 heteroatoms. The molecular formula is C14H22N4O5S. The zero-order valence-corrected chi connectivity index (χ0v) is 13.8. The van der Waals surface area contributed by atoms with Gasteiger partial charge in [-0.2, -0.15) is 8.42 Å². The standard InChI is InChI=1S/C14H20N4O.H2O4S/c15-14(16)18-11-5-4-10-17-13(19)9-8-12-6-2-1-3-7-12;1-5(2,3)4/h1-3,6-9H,4-5,10-11H2,(H,17,19)(H4,15,16,18);(H2,1,2,3,4). The molecule has 9 nitrogen and oxygen atoms in total. The molecule has 0 fully saturated rings. The van der Waals surface area contributed by atoms with E-state index in [0.29, 0.717) is 13.1 Å². The number of carbonyl (C=O) groups is 1. The number of nitrogens with one attached hydrogen (secondary N) is 3. The van der Waals surface area contributed by atoms with E-state index < -0.39 is 10.4 Å². The number of nitrogens with two attached hydrogens (primary N) is 1. The van der Waals surface area contributed by atoms with Crippen molar-refractivity contribution < 1.29 is 22.3 Å². The molecule has 7 N–H and O–H groups in total. The van der Waals surface area contributed by atoms with Gasteiger partial charge in [-0.05, 0) is 24.5 Å². The summed E-state index contributed by atoms with van der Waals surface area (Å²) in [6.07, 6.45) is 5.03. The van der Waals surface area contributed by atoms with Crippen molar-refractivity contribution in [1.29, 1.82) is 5.41 Å². The third-order valence-electron chi connectivity index (χ3n) is 2.44. The summed E-state index contributed by atoms with van der Waals surface area (Å²) in [5.74, 6) is -0.113. The van der Waals surface area contributed by atoms with Crippen LogP contribution < -0.4 is 16.4 Å². The Bertz CT molecular complexity index is 624. The van der Waals surface area contributed by atoms with E-state index in [-0.39, 0.29) is 11.9 Å². The van der Waals surface area contributed by atoms with Crippen molar-refractivity contribution in [2.75, 3.05) is 13.1 Å². The summed E-state index contributed by atoms with van der Waals surface area (Å²) >= 11 is 0. The lowest BCUT2D eigenvalue weighted by Gasteiger charge is -2.04. The van der Waals surface area contributed by atoms with Gasteiger partial charge in [-0.25, -0.2) is 0 Å². The molecule has 0 aliphatic rings. The molecule has 0 saturated heterocycles. The molecule has 0 radical (unpaired) electrons. The predicted octanol–water partition coefficient (Wildman–Crippen LogP) is 0.426. The van der Waals surface area contributed by atoms with Crippen molar-refractivity contribution in [3.8, 4) is 0 Å². The summed E-state index contributed by atoms with van der Waals surface area (Å²) in [6, 6.07) is 9.68. The maximum absolute atomic E-state index is 11.5. The van der Waals surface area contributed by atoms with Gasteiger partial charge in [0.05, 0.1) is 0 Å². The third kappa shape index (κ3) is 17.6. The van der Waals surface area contributed by atoms with E-state index >= 15 is 0 Å².